The molecule has 0 aromatic carbocycles. The molecule has 1 N–H and O–H groups in total. The summed E-state index contributed by atoms with van der Waals surface area (Å²) in [5.41, 5.74) is 0.658. The molecule has 0 spiro atoms. The summed E-state index contributed by atoms with van der Waals surface area (Å²) >= 11 is 0. The lowest BCUT2D eigenvalue weighted by Crippen LogP contribution is -2.29. The first kappa shape index (κ1) is 8.99. The van der Waals surface area contributed by atoms with E-state index in [1.807, 2.05) is 16.8 Å². The number of hydrogen-bond acceptors (Lipinski definition) is 2. The van der Waals surface area contributed by atoms with Crippen LogP contribution in [0.25, 0.3) is 0 Å². The predicted molar refractivity (Wildman–Crippen MR) is 51.0 cm³/mol. The van der Waals surface area contributed by atoms with Crippen molar-refractivity contribution < 1.29 is 9.59 Å². The Morgan fingerprint density at radius 3 is 3.14 bits per heavy atom. The smallest absolute Gasteiger partial charge is 0.220 e. The SMILES string of the molecule is O=Cc1cccn1CC1CCC(=O)N1. The highest BCUT2D eigenvalue weighted by molar-refractivity contribution is 5.78. The number of nitrogens with one attached hydrogen (secondary N) is 1. The molecule has 2 rings (SSSR count). The predicted octanol–water partition coefficient (Wildman–Crippen LogP) is 0.579. The van der Waals surface area contributed by atoms with Crippen LogP contribution in [-0.4, -0.2) is 22.8 Å². The first-order chi connectivity index (χ1) is 6.79. The number of aldehydes is 1. The minimum Gasteiger partial charge on any atom is -0.352 e. The highest BCUT2D eigenvalue weighted by Gasteiger charge is 2.21. The Kier molecular flexibility index (Phi) is 2.35. The average molecular weight is 192 g/mol. The van der Waals surface area contributed by atoms with E-state index in [0.717, 1.165) is 12.7 Å². The second-order valence-electron chi connectivity index (χ2n) is 3.51. The van der Waals surface area contributed by atoms with Crippen LogP contribution in [0.4, 0.5) is 0 Å². The highest BCUT2D eigenvalue weighted by Crippen LogP contribution is 2.10. The van der Waals surface area contributed by atoms with E-state index < -0.39 is 0 Å². The van der Waals surface area contributed by atoms with E-state index in [1.165, 1.54) is 0 Å². The number of amides is 1. The maximum Gasteiger partial charge on any atom is 0.220 e. The van der Waals surface area contributed by atoms with Gasteiger partial charge in [-0.2, -0.15) is 0 Å². The van der Waals surface area contributed by atoms with Gasteiger partial charge in [0.2, 0.25) is 5.91 Å². The molecule has 1 saturated heterocycles. The normalized spacial score (nSPS) is 20.9. The molecule has 1 amide bonds. The fourth-order valence-electron chi connectivity index (χ4n) is 1.75. The van der Waals surface area contributed by atoms with Crippen molar-refractivity contribution in [1.82, 2.24) is 9.88 Å². The van der Waals surface area contributed by atoms with Gasteiger partial charge in [0.05, 0.1) is 5.69 Å². The van der Waals surface area contributed by atoms with Gasteiger partial charge in [0.1, 0.15) is 0 Å². The molecule has 1 atom stereocenters. The topological polar surface area (TPSA) is 51.1 Å². The fraction of sp³-hybridized carbons (Fsp3) is 0.400. The third-order valence-electron chi connectivity index (χ3n) is 2.49. The van der Waals surface area contributed by atoms with Crippen molar-refractivity contribution in [2.45, 2.75) is 25.4 Å². The fourth-order valence-corrected chi connectivity index (χ4v) is 1.75. The molecule has 2 heterocycles. The molecule has 1 aliphatic heterocycles. The Bertz CT molecular complexity index is 357. The van der Waals surface area contributed by atoms with Gasteiger partial charge < -0.3 is 9.88 Å². The maximum absolute atomic E-state index is 10.9. The van der Waals surface area contributed by atoms with Gasteiger partial charge in [-0.25, -0.2) is 0 Å². The summed E-state index contributed by atoms with van der Waals surface area (Å²) in [5, 5.41) is 2.87. The first-order valence-electron chi connectivity index (χ1n) is 4.69. The van der Waals surface area contributed by atoms with Gasteiger partial charge in [-0.3, -0.25) is 9.59 Å². The first-order valence-corrected chi connectivity index (χ1v) is 4.69. The number of carbonyl (C=O) groups excluding carboxylic acids is 2. The molecule has 14 heavy (non-hydrogen) atoms. The average Bonchev–Trinajstić information content (AvgIpc) is 2.76. The molecule has 0 radical (unpaired) electrons. The lowest BCUT2D eigenvalue weighted by Gasteiger charge is -2.11. The van der Waals surface area contributed by atoms with Gasteiger partial charge in [-0.15, -0.1) is 0 Å². The Hall–Kier alpha value is -1.58. The standard InChI is InChI=1S/C10H12N2O2/c13-7-9-2-1-5-12(9)6-8-3-4-10(14)11-8/h1-2,5,7-8H,3-4,6H2,(H,11,14). The summed E-state index contributed by atoms with van der Waals surface area (Å²) in [6.45, 7) is 0.687. The van der Waals surface area contributed by atoms with Crippen LogP contribution in [0.15, 0.2) is 18.3 Å². The van der Waals surface area contributed by atoms with Crippen molar-refractivity contribution in [2.24, 2.45) is 0 Å². The number of nitrogens with zero attached hydrogens (tertiary/aromatic N) is 1. The van der Waals surface area contributed by atoms with Gasteiger partial charge >= 0.3 is 0 Å². The molecular formula is C10H12N2O2. The third-order valence-corrected chi connectivity index (χ3v) is 2.49. The van der Waals surface area contributed by atoms with E-state index in [1.54, 1.807) is 6.07 Å². The molecule has 74 valence electrons. The molecule has 0 aliphatic carbocycles. The maximum atomic E-state index is 10.9. The van der Waals surface area contributed by atoms with Gasteiger partial charge in [0, 0.05) is 25.2 Å². The summed E-state index contributed by atoms with van der Waals surface area (Å²) in [6.07, 6.45) is 4.14. The monoisotopic (exact) mass is 192 g/mol. The zero-order valence-corrected chi connectivity index (χ0v) is 7.77. The molecule has 1 aromatic heterocycles. The minimum atomic E-state index is 0.106. The Labute approximate surface area is 81.9 Å². The summed E-state index contributed by atoms with van der Waals surface area (Å²) in [4.78, 5) is 21.6. The zero-order valence-electron chi connectivity index (χ0n) is 7.77. The Morgan fingerprint density at radius 2 is 2.50 bits per heavy atom. The van der Waals surface area contributed by atoms with Crippen molar-refractivity contribution in [3.8, 4) is 0 Å². The third kappa shape index (κ3) is 1.69. The van der Waals surface area contributed by atoms with Crippen LogP contribution in [-0.2, 0) is 11.3 Å². The van der Waals surface area contributed by atoms with Crippen molar-refractivity contribution in [1.29, 1.82) is 0 Å². The molecular weight excluding hydrogens is 180 g/mol. The van der Waals surface area contributed by atoms with Crippen LogP contribution in [0.5, 0.6) is 0 Å². The molecule has 4 heteroatoms. The number of rotatable bonds is 3. The van der Waals surface area contributed by atoms with Crippen molar-refractivity contribution in [2.75, 3.05) is 0 Å². The zero-order chi connectivity index (χ0) is 9.97. The minimum absolute atomic E-state index is 0.106. The Morgan fingerprint density at radius 1 is 1.64 bits per heavy atom. The van der Waals surface area contributed by atoms with Gasteiger partial charge in [-0.05, 0) is 18.6 Å². The van der Waals surface area contributed by atoms with Gasteiger partial charge in [0.15, 0.2) is 6.29 Å². The van der Waals surface area contributed by atoms with E-state index in [4.69, 9.17) is 0 Å². The number of carbonyl (C=O) groups is 2. The molecule has 1 unspecified atom stereocenters. The molecule has 1 aromatic rings. The second kappa shape index (κ2) is 3.65. The molecule has 0 bridgehead atoms. The van der Waals surface area contributed by atoms with Crippen molar-refractivity contribution >= 4 is 12.2 Å². The Balaban J connectivity index is 2.03. The van der Waals surface area contributed by atoms with E-state index in [-0.39, 0.29) is 11.9 Å². The lowest BCUT2D eigenvalue weighted by molar-refractivity contribution is -0.119. The second-order valence-corrected chi connectivity index (χ2v) is 3.51. The molecule has 1 fully saturated rings. The molecule has 0 saturated carbocycles. The van der Waals surface area contributed by atoms with E-state index >= 15 is 0 Å². The van der Waals surface area contributed by atoms with E-state index in [0.29, 0.717) is 18.7 Å². The quantitative estimate of drug-likeness (QED) is 0.712. The van der Waals surface area contributed by atoms with Gasteiger partial charge in [0.25, 0.3) is 0 Å². The van der Waals surface area contributed by atoms with E-state index in [2.05, 4.69) is 5.32 Å². The van der Waals surface area contributed by atoms with Crippen LogP contribution in [0.1, 0.15) is 23.3 Å². The van der Waals surface area contributed by atoms with Crippen molar-refractivity contribution in [3.63, 3.8) is 0 Å². The van der Waals surface area contributed by atoms with Crippen LogP contribution in [0.3, 0.4) is 0 Å². The lowest BCUT2D eigenvalue weighted by atomic mass is 10.2. The van der Waals surface area contributed by atoms with Crippen LogP contribution in [0.2, 0.25) is 0 Å². The summed E-state index contributed by atoms with van der Waals surface area (Å²) in [7, 11) is 0. The highest BCUT2D eigenvalue weighted by atomic mass is 16.2. The number of aromatic nitrogens is 1. The van der Waals surface area contributed by atoms with E-state index in [9.17, 15) is 9.59 Å². The molecule has 4 nitrogen and oxygen atoms in total. The van der Waals surface area contributed by atoms with Crippen molar-refractivity contribution in [3.05, 3.63) is 24.0 Å². The number of hydrogen-bond donors (Lipinski definition) is 1. The van der Waals surface area contributed by atoms with Gasteiger partial charge in [-0.1, -0.05) is 0 Å². The summed E-state index contributed by atoms with van der Waals surface area (Å²) in [5.74, 6) is 0.106. The van der Waals surface area contributed by atoms with Crippen LogP contribution < -0.4 is 5.32 Å². The molecule has 1 aliphatic rings. The summed E-state index contributed by atoms with van der Waals surface area (Å²) in [6, 6.07) is 3.78. The largest absolute Gasteiger partial charge is 0.352 e. The summed E-state index contributed by atoms with van der Waals surface area (Å²) < 4.78 is 1.86. The van der Waals surface area contributed by atoms with Crippen LogP contribution in [0, 0.1) is 0 Å². The van der Waals surface area contributed by atoms with Crippen LogP contribution >= 0.6 is 0 Å².